The number of nitrogens with one attached hydrogen (secondary N) is 1. The van der Waals surface area contributed by atoms with E-state index in [2.05, 4.69) is 21.2 Å². The highest BCUT2D eigenvalue weighted by Gasteiger charge is 2.09. The number of nitrogens with zero attached hydrogens (tertiary/aromatic N) is 1. The number of hydrogen-bond acceptors (Lipinski definition) is 3. The van der Waals surface area contributed by atoms with E-state index in [9.17, 15) is 10.1 Å². The summed E-state index contributed by atoms with van der Waals surface area (Å²) in [6.07, 6.45) is 0. The van der Waals surface area contributed by atoms with Crippen molar-refractivity contribution in [2.75, 3.05) is 5.32 Å². The molecule has 0 aliphatic carbocycles. The molecule has 0 aromatic heterocycles. The number of anilines is 1. The van der Waals surface area contributed by atoms with Gasteiger partial charge in [0.25, 0.3) is 5.69 Å². The van der Waals surface area contributed by atoms with Crippen LogP contribution in [0.25, 0.3) is 0 Å². The maximum atomic E-state index is 10.8. The van der Waals surface area contributed by atoms with Gasteiger partial charge in [0.1, 0.15) is 0 Å². The van der Waals surface area contributed by atoms with Crippen LogP contribution in [0.1, 0.15) is 11.1 Å². The van der Waals surface area contributed by atoms with Crippen molar-refractivity contribution < 1.29 is 4.92 Å². The van der Waals surface area contributed by atoms with Gasteiger partial charge in [0.2, 0.25) is 0 Å². The largest absolute Gasteiger partial charge is 0.380 e. The van der Waals surface area contributed by atoms with E-state index >= 15 is 0 Å². The van der Waals surface area contributed by atoms with Crippen LogP contribution in [-0.4, -0.2) is 4.92 Å². The summed E-state index contributed by atoms with van der Waals surface area (Å²) in [5.41, 5.74) is 2.68. The van der Waals surface area contributed by atoms with Gasteiger partial charge in [0.15, 0.2) is 0 Å². The molecule has 0 aliphatic rings. The molecule has 2 aromatic carbocycles. The van der Waals surface area contributed by atoms with E-state index in [4.69, 9.17) is 11.6 Å². The number of halogens is 2. The molecule has 0 saturated heterocycles. The van der Waals surface area contributed by atoms with Gasteiger partial charge >= 0.3 is 0 Å². The summed E-state index contributed by atoms with van der Waals surface area (Å²) in [6, 6.07) is 10.4. The molecule has 0 aliphatic heterocycles. The minimum atomic E-state index is -0.406. The highest BCUT2D eigenvalue weighted by molar-refractivity contribution is 9.10. The van der Waals surface area contributed by atoms with Crippen molar-refractivity contribution in [3.8, 4) is 0 Å². The molecular formula is C14H12BrClN2O2. The molecule has 4 nitrogen and oxygen atoms in total. The lowest BCUT2D eigenvalue weighted by Crippen LogP contribution is -2.02. The minimum Gasteiger partial charge on any atom is -0.380 e. The van der Waals surface area contributed by atoms with Gasteiger partial charge in [0.05, 0.1) is 4.92 Å². The molecule has 0 heterocycles. The monoisotopic (exact) mass is 354 g/mol. The number of nitro benzene ring substituents is 1. The smallest absolute Gasteiger partial charge is 0.271 e. The SMILES string of the molecule is Cc1ccc([N+](=O)[O-])cc1NCc1ccc(Br)cc1Cl. The summed E-state index contributed by atoms with van der Waals surface area (Å²) in [5.74, 6) is 0. The molecule has 2 rings (SSSR count). The predicted molar refractivity (Wildman–Crippen MR) is 84.3 cm³/mol. The van der Waals surface area contributed by atoms with Gasteiger partial charge in [-0.25, -0.2) is 0 Å². The first-order chi connectivity index (χ1) is 9.47. The quantitative estimate of drug-likeness (QED) is 0.625. The molecule has 0 fully saturated rings. The third kappa shape index (κ3) is 3.49. The second kappa shape index (κ2) is 6.24. The zero-order chi connectivity index (χ0) is 14.7. The van der Waals surface area contributed by atoms with Crippen molar-refractivity contribution in [3.05, 3.63) is 67.1 Å². The van der Waals surface area contributed by atoms with Gasteiger partial charge in [-0.3, -0.25) is 10.1 Å². The maximum Gasteiger partial charge on any atom is 0.271 e. The maximum absolute atomic E-state index is 10.8. The van der Waals surface area contributed by atoms with Crippen LogP contribution in [-0.2, 0) is 6.54 Å². The Labute approximate surface area is 130 Å². The van der Waals surface area contributed by atoms with Crippen LogP contribution in [0.3, 0.4) is 0 Å². The Balaban J connectivity index is 2.18. The first-order valence-corrected chi connectivity index (χ1v) is 7.07. The Morgan fingerprint density at radius 2 is 2.05 bits per heavy atom. The Morgan fingerprint density at radius 1 is 1.30 bits per heavy atom. The number of nitro groups is 1. The Hall–Kier alpha value is -1.59. The van der Waals surface area contributed by atoms with E-state index in [1.807, 2.05) is 25.1 Å². The minimum absolute atomic E-state index is 0.0694. The molecular weight excluding hydrogens is 344 g/mol. The first-order valence-electron chi connectivity index (χ1n) is 5.90. The average molecular weight is 356 g/mol. The van der Waals surface area contributed by atoms with E-state index in [-0.39, 0.29) is 5.69 Å². The van der Waals surface area contributed by atoms with E-state index in [1.54, 1.807) is 6.07 Å². The van der Waals surface area contributed by atoms with E-state index < -0.39 is 4.92 Å². The standard InChI is InChI=1S/C14H12BrClN2O2/c1-9-2-5-12(18(19)20)7-14(9)17-8-10-3-4-11(15)6-13(10)16/h2-7,17H,8H2,1H3. The van der Waals surface area contributed by atoms with E-state index in [0.717, 1.165) is 21.3 Å². The Morgan fingerprint density at radius 3 is 2.70 bits per heavy atom. The molecule has 104 valence electrons. The highest BCUT2D eigenvalue weighted by atomic mass is 79.9. The molecule has 20 heavy (non-hydrogen) atoms. The van der Waals surface area contributed by atoms with Crippen molar-refractivity contribution in [3.63, 3.8) is 0 Å². The summed E-state index contributed by atoms with van der Waals surface area (Å²) in [5, 5.41) is 14.6. The first kappa shape index (κ1) is 14.8. The number of rotatable bonds is 4. The van der Waals surface area contributed by atoms with Gasteiger partial charge in [-0.1, -0.05) is 39.7 Å². The summed E-state index contributed by atoms with van der Waals surface area (Å²) >= 11 is 9.49. The average Bonchev–Trinajstić information content (AvgIpc) is 2.39. The summed E-state index contributed by atoms with van der Waals surface area (Å²) in [4.78, 5) is 10.4. The third-order valence-corrected chi connectivity index (χ3v) is 3.76. The van der Waals surface area contributed by atoms with Crippen molar-refractivity contribution in [1.29, 1.82) is 0 Å². The van der Waals surface area contributed by atoms with Crippen molar-refractivity contribution in [1.82, 2.24) is 0 Å². The molecule has 0 saturated carbocycles. The van der Waals surface area contributed by atoms with Crippen LogP contribution < -0.4 is 5.32 Å². The van der Waals surface area contributed by atoms with Crippen LogP contribution in [0, 0.1) is 17.0 Å². The van der Waals surface area contributed by atoms with Crippen molar-refractivity contribution in [2.45, 2.75) is 13.5 Å². The summed E-state index contributed by atoms with van der Waals surface area (Å²) in [7, 11) is 0. The molecule has 0 unspecified atom stereocenters. The predicted octanol–water partition coefficient (Wildman–Crippen LogP) is 4.93. The molecule has 0 amide bonds. The lowest BCUT2D eigenvalue weighted by atomic mass is 10.1. The highest BCUT2D eigenvalue weighted by Crippen LogP contribution is 2.25. The Bertz CT molecular complexity index is 662. The van der Waals surface area contributed by atoms with Crippen LogP contribution in [0.5, 0.6) is 0 Å². The summed E-state index contributed by atoms with van der Waals surface area (Å²) in [6.45, 7) is 2.41. The van der Waals surface area contributed by atoms with Crippen LogP contribution in [0.4, 0.5) is 11.4 Å². The van der Waals surface area contributed by atoms with Crippen LogP contribution >= 0.6 is 27.5 Å². The third-order valence-electron chi connectivity index (χ3n) is 2.92. The zero-order valence-electron chi connectivity index (χ0n) is 10.7. The van der Waals surface area contributed by atoms with Gasteiger partial charge in [-0.05, 0) is 30.2 Å². The van der Waals surface area contributed by atoms with E-state index in [1.165, 1.54) is 12.1 Å². The summed E-state index contributed by atoms with van der Waals surface area (Å²) < 4.78 is 0.915. The second-order valence-corrected chi connectivity index (χ2v) is 5.67. The number of non-ortho nitro benzene ring substituents is 1. The molecule has 0 bridgehead atoms. The molecule has 6 heteroatoms. The fourth-order valence-electron chi connectivity index (χ4n) is 1.77. The second-order valence-electron chi connectivity index (χ2n) is 4.35. The number of benzene rings is 2. The lowest BCUT2D eigenvalue weighted by Gasteiger charge is -2.10. The topological polar surface area (TPSA) is 55.2 Å². The van der Waals surface area contributed by atoms with Crippen LogP contribution in [0.2, 0.25) is 5.02 Å². The van der Waals surface area contributed by atoms with Crippen LogP contribution in [0.15, 0.2) is 40.9 Å². The molecule has 2 aromatic rings. The zero-order valence-corrected chi connectivity index (χ0v) is 13.0. The number of aryl methyl sites for hydroxylation is 1. The van der Waals surface area contributed by atoms with Crippen molar-refractivity contribution >= 4 is 38.9 Å². The Kier molecular flexibility index (Phi) is 4.62. The molecule has 0 atom stereocenters. The fourth-order valence-corrected chi connectivity index (χ4v) is 2.51. The molecule has 0 spiro atoms. The normalized spacial score (nSPS) is 10.3. The van der Waals surface area contributed by atoms with Gasteiger partial charge in [-0.2, -0.15) is 0 Å². The fraction of sp³-hybridized carbons (Fsp3) is 0.143. The van der Waals surface area contributed by atoms with Gasteiger partial charge < -0.3 is 5.32 Å². The molecule has 1 N–H and O–H groups in total. The van der Waals surface area contributed by atoms with Gasteiger partial charge in [0, 0.05) is 33.9 Å². The molecule has 0 radical (unpaired) electrons. The van der Waals surface area contributed by atoms with Gasteiger partial charge in [-0.15, -0.1) is 0 Å². The van der Waals surface area contributed by atoms with Crippen molar-refractivity contribution in [2.24, 2.45) is 0 Å². The lowest BCUT2D eigenvalue weighted by molar-refractivity contribution is -0.384. The van der Waals surface area contributed by atoms with E-state index in [0.29, 0.717) is 11.6 Å². The number of hydrogen-bond donors (Lipinski definition) is 1.